The summed E-state index contributed by atoms with van der Waals surface area (Å²) in [6.07, 6.45) is 4.25. The predicted octanol–water partition coefficient (Wildman–Crippen LogP) is -0.537. The van der Waals surface area contributed by atoms with Crippen molar-refractivity contribution in [3.8, 4) is 0 Å². The molecule has 0 bridgehead atoms. The van der Waals surface area contributed by atoms with Gasteiger partial charge in [0.25, 0.3) is 15.9 Å². The number of amidine groups is 1. The number of amides is 1. The Kier molecular flexibility index (Phi) is 4.12. The van der Waals surface area contributed by atoms with Crippen molar-refractivity contribution in [1.82, 2.24) is 10.2 Å². The van der Waals surface area contributed by atoms with Gasteiger partial charge >= 0.3 is 5.97 Å². The molecule has 9 heteroatoms. The van der Waals surface area contributed by atoms with E-state index in [4.69, 9.17) is 5.11 Å². The second-order valence-corrected chi connectivity index (χ2v) is 6.57. The molecule has 2 aliphatic heterocycles. The van der Waals surface area contributed by atoms with E-state index in [1.54, 1.807) is 11.8 Å². The highest BCUT2D eigenvalue weighted by molar-refractivity contribution is 7.90. The van der Waals surface area contributed by atoms with Gasteiger partial charge in [0.05, 0.1) is 17.7 Å². The summed E-state index contributed by atoms with van der Waals surface area (Å²) in [5, 5.41) is 11.2. The fourth-order valence-electron chi connectivity index (χ4n) is 1.96. The number of hydrogen-bond acceptors (Lipinski definition) is 5. The minimum Gasteiger partial charge on any atom is -0.481 e. The van der Waals surface area contributed by atoms with Gasteiger partial charge in [-0.25, -0.2) is 8.42 Å². The van der Waals surface area contributed by atoms with Gasteiger partial charge in [0.1, 0.15) is 5.84 Å². The Morgan fingerprint density at radius 2 is 2.19 bits per heavy atom. The van der Waals surface area contributed by atoms with Gasteiger partial charge in [-0.05, 0) is 19.1 Å². The standard InChI is InChI=1S/C12H15N3O5S/c1-8(6-11(16)17)13-12(18)9-2-3-10-14-21(19,20)5-4-15(10)7-9/h2-3,7-8H,4-6H2,1H3,(H,13,18)(H,16,17). The topological polar surface area (TPSA) is 116 Å². The molecule has 2 rings (SSSR count). The summed E-state index contributed by atoms with van der Waals surface area (Å²) in [7, 11) is -3.42. The van der Waals surface area contributed by atoms with E-state index in [1.807, 2.05) is 0 Å². The molecule has 114 valence electrons. The van der Waals surface area contributed by atoms with Crippen molar-refractivity contribution in [3.05, 3.63) is 23.9 Å². The molecule has 21 heavy (non-hydrogen) atoms. The van der Waals surface area contributed by atoms with Crippen LogP contribution in [-0.2, 0) is 19.6 Å². The summed E-state index contributed by atoms with van der Waals surface area (Å²) in [5.41, 5.74) is 0.325. The van der Waals surface area contributed by atoms with E-state index in [-0.39, 0.29) is 24.6 Å². The van der Waals surface area contributed by atoms with E-state index in [1.165, 1.54) is 18.4 Å². The lowest BCUT2D eigenvalue weighted by Crippen LogP contribution is -2.39. The summed E-state index contributed by atoms with van der Waals surface area (Å²) in [6.45, 7) is 1.83. The molecular formula is C12H15N3O5S. The number of fused-ring (bicyclic) bond motifs is 1. The van der Waals surface area contributed by atoms with Gasteiger partial charge in [-0.1, -0.05) is 0 Å². The second-order valence-electron chi connectivity index (χ2n) is 4.82. The third-order valence-corrected chi connectivity index (χ3v) is 4.11. The lowest BCUT2D eigenvalue weighted by Gasteiger charge is -2.27. The molecule has 2 N–H and O–H groups in total. The maximum atomic E-state index is 12.0. The molecule has 1 atom stereocenters. The van der Waals surface area contributed by atoms with Crippen LogP contribution in [0, 0.1) is 0 Å². The zero-order chi connectivity index (χ0) is 15.6. The van der Waals surface area contributed by atoms with Crippen molar-refractivity contribution in [3.63, 3.8) is 0 Å². The quantitative estimate of drug-likeness (QED) is 0.720. The monoisotopic (exact) mass is 313 g/mol. The lowest BCUT2D eigenvalue weighted by atomic mass is 10.1. The molecule has 1 unspecified atom stereocenters. The Morgan fingerprint density at radius 3 is 2.86 bits per heavy atom. The van der Waals surface area contributed by atoms with Gasteiger partial charge in [0.15, 0.2) is 0 Å². The first-order valence-corrected chi connectivity index (χ1v) is 7.89. The highest BCUT2D eigenvalue weighted by Gasteiger charge is 2.25. The average molecular weight is 313 g/mol. The van der Waals surface area contributed by atoms with Gasteiger partial charge in [-0.15, -0.1) is 4.40 Å². The number of carbonyl (C=O) groups excluding carboxylic acids is 1. The van der Waals surface area contributed by atoms with Gasteiger partial charge in [0, 0.05) is 18.8 Å². The van der Waals surface area contributed by atoms with E-state index in [0.29, 0.717) is 5.57 Å². The SMILES string of the molecule is CC(CC(=O)O)NC(=O)C1=CN2CCS(=O)(=O)N=C2C=C1. The predicted molar refractivity (Wildman–Crippen MR) is 75.0 cm³/mol. The smallest absolute Gasteiger partial charge is 0.305 e. The number of nitrogens with zero attached hydrogens (tertiary/aromatic N) is 2. The van der Waals surface area contributed by atoms with Crippen LogP contribution in [0.15, 0.2) is 28.3 Å². The van der Waals surface area contributed by atoms with Crippen LogP contribution in [-0.4, -0.2) is 54.5 Å². The van der Waals surface area contributed by atoms with E-state index in [2.05, 4.69) is 9.71 Å². The van der Waals surface area contributed by atoms with Crippen molar-refractivity contribution in [2.45, 2.75) is 19.4 Å². The Hall–Kier alpha value is -2.16. The number of carboxylic acid groups (broad SMARTS) is 1. The first-order chi connectivity index (χ1) is 9.77. The zero-order valence-electron chi connectivity index (χ0n) is 11.3. The van der Waals surface area contributed by atoms with Crippen molar-refractivity contribution in [2.24, 2.45) is 4.40 Å². The summed E-state index contributed by atoms with van der Waals surface area (Å²) in [6, 6.07) is -0.499. The Morgan fingerprint density at radius 1 is 1.48 bits per heavy atom. The molecule has 0 saturated heterocycles. The molecule has 2 aliphatic rings. The van der Waals surface area contributed by atoms with Gasteiger partial charge in [-0.3, -0.25) is 9.59 Å². The second kappa shape index (κ2) is 5.68. The molecule has 0 aromatic heterocycles. The number of aliphatic carboxylic acids is 1. The molecule has 2 heterocycles. The molecule has 1 amide bonds. The largest absolute Gasteiger partial charge is 0.481 e. The number of carboxylic acids is 1. The molecule has 0 aromatic carbocycles. The highest BCUT2D eigenvalue weighted by Crippen LogP contribution is 2.15. The molecule has 0 radical (unpaired) electrons. The van der Waals surface area contributed by atoms with Crippen molar-refractivity contribution in [1.29, 1.82) is 0 Å². The van der Waals surface area contributed by atoms with Gasteiger partial charge < -0.3 is 15.3 Å². The maximum Gasteiger partial charge on any atom is 0.305 e. The number of hydrogen-bond donors (Lipinski definition) is 2. The first-order valence-electron chi connectivity index (χ1n) is 6.29. The number of sulfonamides is 1. The van der Waals surface area contributed by atoms with E-state index in [9.17, 15) is 18.0 Å². The minimum atomic E-state index is -3.42. The fraction of sp³-hybridized carbons (Fsp3) is 0.417. The van der Waals surface area contributed by atoms with E-state index in [0.717, 1.165) is 0 Å². The van der Waals surface area contributed by atoms with Crippen LogP contribution in [0.1, 0.15) is 13.3 Å². The van der Waals surface area contributed by atoms with E-state index < -0.39 is 27.9 Å². The van der Waals surface area contributed by atoms with Crippen LogP contribution in [0.2, 0.25) is 0 Å². The molecule has 8 nitrogen and oxygen atoms in total. The highest BCUT2D eigenvalue weighted by atomic mass is 32.2. The van der Waals surface area contributed by atoms with Crippen LogP contribution in [0.5, 0.6) is 0 Å². The Balaban J connectivity index is 2.07. The fourth-order valence-corrected chi connectivity index (χ4v) is 2.92. The third-order valence-electron chi connectivity index (χ3n) is 2.94. The number of rotatable bonds is 4. The van der Waals surface area contributed by atoms with Crippen LogP contribution in [0.25, 0.3) is 0 Å². The molecular weight excluding hydrogens is 298 g/mol. The minimum absolute atomic E-state index is 0.106. The van der Waals surface area contributed by atoms with Crippen molar-refractivity contribution >= 4 is 27.7 Å². The van der Waals surface area contributed by atoms with E-state index >= 15 is 0 Å². The van der Waals surface area contributed by atoms with Crippen molar-refractivity contribution in [2.75, 3.05) is 12.3 Å². The average Bonchev–Trinajstić information content (AvgIpc) is 2.35. The maximum absolute atomic E-state index is 12.0. The lowest BCUT2D eigenvalue weighted by molar-refractivity contribution is -0.137. The summed E-state index contributed by atoms with van der Waals surface area (Å²) in [5.74, 6) is -1.24. The zero-order valence-corrected chi connectivity index (χ0v) is 12.1. The van der Waals surface area contributed by atoms with Crippen LogP contribution in [0.3, 0.4) is 0 Å². The molecule has 0 spiro atoms. The molecule has 0 aliphatic carbocycles. The molecule has 0 saturated carbocycles. The van der Waals surface area contributed by atoms with Crippen LogP contribution in [0.4, 0.5) is 0 Å². The first kappa shape index (κ1) is 15.2. The summed E-state index contributed by atoms with van der Waals surface area (Å²) in [4.78, 5) is 24.1. The molecule has 0 fully saturated rings. The number of nitrogens with one attached hydrogen (secondary N) is 1. The third kappa shape index (κ3) is 3.91. The molecule has 0 aromatic rings. The normalized spacial score (nSPS) is 20.9. The summed E-state index contributed by atoms with van der Waals surface area (Å²) >= 11 is 0. The Labute approximate surface area is 121 Å². The van der Waals surface area contributed by atoms with Crippen molar-refractivity contribution < 1.29 is 23.1 Å². The van der Waals surface area contributed by atoms with Crippen LogP contribution >= 0.6 is 0 Å². The van der Waals surface area contributed by atoms with Gasteiger partial charge in [0.2, 0.25) is 0 Å². The number of carbonyl (C=O) groups is 2. The van der Waals surface area contributed by atoms with Crippen LogP contribution < -0.4 is 5.32 Å². The Bertz CT molecular complexity index is 662. The summed E-state index contributed by atoms with van der Waals surface area (Å²) < 4.78 is 26.3. The van der Waals surface area contributed by atoms with Gasteiger partial charge in [-0.2, -0.15) is 0 Å².